The van der Waals surface area contributed by atoms with Gasteiger partial charge in [0, 0.05) is 17.2 Å². The second-order valence-corrected chi connectivity index (χ2v) is 6.46. The smallest absolute Gasteiger partial charge is 0.150 e. The third-order valence-corrected chi connectivity index (χ3v) is 4.45. The maximum Gasteiger partial charge on any atom is 0.150 e. The predicted octanol–water partition coefficient (Wildman–Crippen LogP) is 2.24. The summed E-state index contributed by atoms with van der Waals surface area (Å²) in [6.45, 7) is 0. The minimum Gasteiger partial charge on any atom is -0.229 e. The van der Waals surface area contributed by atoms with Gasteiger partial charge in [0.05, 0.1) is 5.25 Å². The molecule has 14 heavy (non-hydrogen) atoms. The van der Waals surface area contributed by atoms with Crippen molar-refractivity contribution in [2.75, 3.05) is 6.26 Å². The highest BCUT2D eigenvalue weighted by atomic mass is 35.5. The van der Waals surface area contributed by atoms with E-state index in [1.807, 2.05) is 12.1 Å². The van der Waals surface area contributed by atoms with E-state index < -0.39 is 9.84 Å². The van der Waals surface area contributed by atoms with Crippen LogP contribution in [0.1, 0.15) is 17.9 Å². The standard InChI is InChI=1S/C10H11ClO2S/c1-14(12,13)10-6-9(10)7-2-4-8(11)5-3-7/h2-5,9-10H,6H2,1H3. The molecule has 2 atom stereocenters. The summed E-state index contributed by atoms with van der Waals surface area (Å²) in [7, 11) is -2.87. The normalized spacial score (nSPS) is 26.1. The molecular weight excluding hydrogens is 220 g/mol. The lowest BCUT2D eigenvalue weighted by molar-refractivity contribution is 0.600. The maximum atomic E-state index is 11.2. The fraction of sp³-hybridized carbons (Fsp3) is 0.400. The van der Waals surface area contributed by atoms with Crippen molar-refractivity contribution in [3.63, 3.8) is 0 Å². The summed E-state index contributed by atoms with van der Waals surface area (Å²) in [4.78, 5) is 0. The monoisotopic (exact) mass is 230 g/mol. The Morgan fingerprint density at radius 1 is 1.29 bits per heavy atom. The average molecular weight is 231 g/mol. The molecule has 0 radical (unpaired) electrons. The van der Waals surface area contributed by atoms with Crippen molar-refractivity contribution in [2.24, 2.45) is 0 Å². The highest BCUT2D eigenvalue weighted by Crippen LogP contribution is 2.45. The Bertz CT molecular complexity index is 436. The second-order valence-electron chi connectivity index (χ2n) is 3.76. The average Bonchev–Trinajstić information content (AvgIpc) is 2.83. The zero-order valence-corrected chi connectivity index (χ0v) is 9.35. The van der Waals surface area contributed by atoms with Gasteiger partial charge in [0.2, 0.25) is 0 Å². The van der Waals surface area contributed by atoms with Gasteiger partial charge >= 0.3 is 0 Å². The van der Waals surface area contributed by atoms with Crippen molar-refractivity contribution < 1.29 is 8.42 Å². The third-order valence-electron chi connectivity index (χ3n) is 2.58. The molecule has 0 amide bonds. The lowest BCUT2D eigenvalue weighted by Gasteiger charge is -1.99. The summed E-state index contributed by atoms with van der Waals surface area (Å²) < 4.78 is 22.4. The highest BCUT2D eigenvalue weighted by Gasteiger charge is 2.45. The summed E-state index contributed by atoms with van der Waals surface area (Å²) in [5.41, 5.74) is 1.07. The van der Waals surface area contributed by atoms with E-state index in [9.17, 15) is 8.42 Å². The van der Waals surface area contributed by atoms with E-state index in [2.05, 4.69) is 0 Å². The molecule has 0 heterocycles. The summed E-state index contributed by atoms with van der Waals surface area (Å²) in [6, 6.07) is 7.40. The van der Waals surface area contributed by atoms with Crippen LogP contribution in [0.3, 0.4) is 0 Å². The van der Waals surface area contributed by atoms with Crippen LogP contribution in [0.4, 0.5) is 0 Å². The first kappa shape index (κ1) is 9.99. The summed E-state index contributed by atoms with van der Waals surface area (Å²) in [5, 5.41) is 0.508. The number of benzene rings is 1. The number of sulfone groups is 1. The fourth-order valence-electron chi connectivity index (χ4n) is 1.71. The SMILES string of the molecule is CS(=O)(=O)C1CC1c1ccc(Cl)cc1. The molecule has 1 aliphatic rings. The molecule has 1 aromatic carbocycles. The van der Waals surface area contributed by atoms with Crippen LogP contribution in [0.2, 0.25) is 5.02 Å². The van der Waals surface area contributed by atoms with E-state index in [-0.39, 0.29) is 11.2 Å². The van der Waals surface area contributed by atoms with Crippen molar-refractivity contribution in [2.45, 2.75) is 17.6 Å². The Labute approximate surface area is 88.8 Å². The number of rotatable bonds is 2. The van der Waals surface area contributed by atoms with Crippen molar-refractivity contribution >= 4 is 21.4 Å². The van der Waals surface area contributed by atoms with Crippen LogP contribution in [-0.2, 0) is 9.84 Å². The number of halogens is 1. The Balaban J connectivity index is 2.18. The largest absolute Gasteiger partial charge is 0.229 e. The van der Waals surface area contributed by atoms with Gasteiger partial charge < -0.3 is 0 Å². The zero-order chi connectivity index (χ0) is 10.3. The number of hydrogen-bond acceptors (Lipinski definition) is 2. The lowest BCUT2D eigenvalue weighted by atomic mass is 10.1. The molecule has 0 saturated heterocycles. The first-order chi connectivity index (χ1) is 6.48. The van der Waals surface area contributed by atoms with Crippen LogP contribution in [-0.4, -0.2) is 19.9 Å². The number of hydrogen-bond donors (Lipinski definition) is 0. The molecular formula is C10H11ClO2S. The molecule has 0 aliphatic heterocycles. The predicted molar refractivity (Wildman–Crippen MR) is 57.4 cm³/mol. The molecule has 1 aromatic rings. The van der Waals surface area contributed by atoms with E-state index in [0.29, 0.717) is 5.02 Å². The van der Waals surface area contributed by atoms with E-state index in [1.165, 1.54) is 6.26 Å². The van der Waals surface area contributed by atoms with Crippen molar-refractivity contribution in [3.8, 4) is 0 Å². The van der Waals surface area contributed by atoms with Crippen LogP contribution in [0, 0.1) is 0 Å². The highest BCUT2D eigenvalue weighted by molar-refractivity contribution is 7.91. The van der Waals surface area contributed by atoms with E-state index >= 15 is 0 Å². The maximum absolute atomic E-state index is 11.2. The summed E-state index contributed by atoms with van der Waals surface area (Å²) >= 11 is 5.74. The molecule has 1 fully saturated rings. The Hall–Kier alpha value is -0.540. The first-order valence-corrected chi connectivity index (χ1v) is 6.76. The van der Waals surface area contributed by atoms with Gasteiger partial charge in [0.25, 0.3) is 0 Å². The van der Waals surface area contributed by atoms with Gasteiger partial charge in [-0.05, 0) is 24.1 Å². The molecule has 0 aromatic heterocycles. The van der Waals surface area contributed by atoms with Crippen molar-refractivity contribution in [3.05, 3.63) is 34.9 Å². The topological polar surface area (TPSA) is 34.1 Å². The van der Waals surface area contributed by atoms with Crippen LogP contribution in [0.15, 0.2) is 24.3 Å². The molecule has 2 nitrogen and oxygen atoms in total. The van der Waals surface area contributed by atoms with Crippen LogP contribution < -0.4 is 0 Å². The Morgan fingerprint density at radius 2 is 1.86 bits per heavy atom. The van der Waals surface area contributed by atoms with Gasteiger partial charge in [0.1, 0.15) is 0 Å². The van der Waals surface area contributed by atoms with Crippen LogP contribution in [0.5, 0.6) is 0 Å². The molecule has 2 rings (SSSR count). The van der Waals surface area contributed by atoms with E-state index in [4.69, 9.17) is 11.6 Å². The van der Waals surface area contributed by atoms with E-state index in [1.54, 1.807) is 12.1 Å². The molecule has 1 aliphatic carbocycles. The quantitative estimate of drug-likeness (QED) is 0.781. The zero-order valence-electron chi connectivity index (χ0n) is 7.77. The van der Waals surface area contributed by atoms with Gasteiger partial charge in [0.15, 0.2) is 9.84 Å². The van der Waals surface area contributed by atoms with Crippen LogP contribution in [0.25, 0.3) is 0 Å². The molecule has 0 N–H and O–H groups in total. The third kappa shape index (κ3) is 1.93. The van der Waals surface area contributed by atoms with E-state index in [0.717, 1.165) is 12.0 Å². The fourth-order valence-corrected chi connectivity index (χ4v) is 3.14. The van der Waals surface area contributed by atoms with Crippen molar-refractivity contribution in [1.29, 1.82) is 0 Å². The molecule has 4 heteroatoms. The summed E-state index contributed by atoms with van der Waals surface area (Å²) in [6.07, 6.45) is 2.05. The van der Waals surface area contributed by atoms with Gasteiger partial charge in [-0.15, -0.1) is 0 Å². The molecule has 76 valence electrons. The van der Waals surface area contributed by atoms with Gasteiger partial charge in [-0.3, -0.25) is 0 Å². The van der Waals surface area contributed by atoms with Gasteiger partial charge in [-0.2, -0.15) is 0 Å². The second kappa shape index (κ2) is 3.24. The minimum absolute atomic E-state index is 0.177. The van der Waals surface area contributed by atoms with Gasteiger partial charge in [-0.25, -0.2) is 8.42 Å². The minimum atomic E-state index is -2.87. The molecule has 0 spiro atoms. The Kier molecular flexibility index (Phi) is 2.32. The molecule has 0 bridgehead atoms. The summed E-state index contributed by atoms with van der Waals surface area (Å²) in [5.74, 6) is 0.183. The Morgan fingerprint density at radius 3 is 2.29 bits per heavy atom. The first-order valence-electron chi connectivity index (χ1n) is 4.43. The van der Waals surface area contributed by atoms with Gasteiger partial charge in [-0.1, -0.05) is 23.7 Å². The van der Waals surface area contributed by atoms with Crippen molar-refractivity contribution in [1.82, 2.24) is 0 Å². The molecule has 2 unspecified atom stereocenters. The lowest BCUT2D eigenvalue weighted by Crippen LogP contribution is -2.04. The molecule has 1 saturated carbocycles. The van der Waals surface area contributed by atoms with Crippen LogP contribution >= 0.6 is 11.6 Å².